The molecule has 1 saturated carbocycles. The minimum absolute atomic E-state index is 0.133. The Labute approximate surface area is 112 Å². The number of nitrogens with two attached hydrogens (primary N) is 1. The van der Waals surface area contributed by atoms with Crippen molar-refractivity contribution in [3.63, 3.8) is 0 Å². The van der Waals surface area contributed by atoms with Gasteiger partial charge < -0.3 is 10.6 Å². The molecule has 1 aromatic carbocycles. The first-order valence-electron chi connectivity index (χ1n) is 6.91. The molecule has 19 heavy (non-hydrogen) atoms. The topological polar surface area (TPSA) is 46.3 Å². The summed E-state index contributed by atoms with van der Waals surface area (Å²) in [6.07, 6.45) is 2.59. The van der Waals surface area contributed by atoms with Crippen molar-refractivity contribution >= 4 is 5.91 Å². The van der Waals surface area contributed by atoms with Crippen LogP contribution in [0.4, 0.5) is 4.39 Å². The van der Waals surface area contributed by atoms with Gasteiger partial charge in [0.15, 0.2) is 0 Å². The summed E-state index contributed by atoms with van der Waals surface area (Å²) >= 11 is 0. The van der Waals surface area contributed by atoms with Crippen molar-refractivity contribution in [2.75, 3.05) is 13.1 Å². The smallest absolute Gasteiger partial charge is 0.227 e. The van der Waals surface area contributed by atoms with E-state index in [0.29, 0.717) is 18.3 Å². The molecule has 0 unspecified atom stereocenters. The maximum Gasteiger partial charge on any atom is 0.227 e. The summed E-state index contributed by atoms with van der Waals surface area (Å²) in [5.41, 5.74) is 6.94. The highest BCUT2D eigenvalue weighted by Crippen LogP contribution is 2.37. The molecule has 3 rings (SSSR count). The maximum absolute atomic E-state index is 12.8. The van der Waals surface area contributed by atoms with E-state index < -0.39 is 0 Å². The predicted molar refractivity (Wildman–Crippen MR) is 70.9 cm³/mol. The number of rotatable bonds is 2. The fourth-order valence-electron chi connectivity index (χ4n) is 3.40. The van der Waals surface area contributed by atoms with Crippen molar-refractivity contribution in [1.29, 1.82) is 0 Å². The number of halogens is 1. The van der Waals surface area contributed by atoms with Gasteiger partial charge in [0, 0.05) is 19.1 Å². The zero-order valence-electron chi connectivity index (χ0n) is 10.9. The van der Waals surface area contributed by atoms with E-state index in [1.54, 1.807) is 12.1 Å². The third-order valence-corrected chi connectivity index (χ3v) is 4.53. The second-order valence-corrected chi connectivity index (χ2v) is 5.77. The zero-order valence-corrected chi connectivity index (χ0v) is 10.9. The van der Waals surface area contributed by atoms with Crippen molar-refractivity contribution in [3.8, 4) is 0 Å². The second kappa shape index (κ2) is 4.93. The van der Waals surface area contributed by atoms with Crippen LogP contribution in [0.2, 0.25) is 0 Å². The van der Waals surface area contributed by atoms with Crippen LogP contribution in [0.15, 0.2) is 24.3 Å². The highest BCUT2D eigenvalue weighted by atomic mass is 19.1. The van der Waals surface area contributed by atoms with Crippen LogP contribution in [0, 0.1) is 17.7 Å². The summed E-state index contributed by atoms with van der Waals surface area (Å²) in [6, 6.07) is 6.41. The summed E-state index contributed by atoms with van der Waals surface area (Å²) in [5.74, 6) is 0.940. The van der Waals surface area contributed by atoms with E-state index in [4.69, 9.17) is 5.73 Å². The van der Waals surface area contributed by atoms with Gasteiger partial charge in [-0.15, -0.1) is 0 Å². The zero-order chi connectivity index (χ0) is 13.4. The van der Waals surface area contributed by atoms with Crippen molar-refractivity contribution in [3.05, 3.63) is 35.6 Å². The average Bonchev–Trinajstić information content (AvgIpc) is 2.95. The van der Waals surface area contributed by atoms with E-state index in [1.165, 1.54) is 12.1 Å². The number of hydrogen-bond acceptors (Lipinski definition) is 2. The normalized spacial score (nSPS) is 29.6. The number of amides is 1. The first-order valence-corrected chi connectivity index (χ1v) is 6.91. The molecule has 1 aliphatic carbocycles. The Morgan fingerprint density at radius 1 is 1.26 bits per heavy atom. The molecule has 2 aliphatic rings. The van der Waals surface area contributed by atoms with E-state index in [9.17, 15) is 9.18 Å². The molecule has 1 saturated heterocycles. The van der Waals surface area contributed by atoms with Gasteiger partial charge in [-0.1, -0.05) is 12.1 Å². The molecule has 1 amide bonds. The lowest BCUT2D eigenvalue weighted by atomic mass is 9.98. The number of carbonyl (C=O) groups is 1. The molecular formula is C15H19FN2O. The summed E-state index contributed by atoms with van der Waals surface area (Å²) in [5, 5.41) is 0. The van der Waals surface area contributed by atoms with Crippen molar-refractivity contribution in [2.24, 2.45) is 17.6 Å². The average molecular weight is 262 g/mol. The van der Waals surface area contributed by atoms with Gasteiger partial charge in [0.1, 0.15) is 5.82 Å². The van der Waals surface area contributed by atoms with Crippen LogP contribution in [-0.4, -0.2) is 29.9 Å². The third-order valence-electron chi connectivity index (χ3n) is 4.53. The van der Waals surface area contributed by atoms with Gasteiger partial charge in [-0.25, -0.2) is 4.39 Å². The molecule has 0 spiro atoms. The highest BCUT2D eigenvalue weighted by molar-refractivity contribution is 5.79. The number of likely N-dealkylation sites (tertiary alicyclic amines) is 1. The third kappa shape index (κ3) is 2.50. The molecular weight excluding hydrogens is 243 g/mol. The van der Waals surface area contributed by atoms with Crippen LogP contribution in [0.5, 0.6) is 0 Å². The molecule has 0 bridgehead atoms. The van der Waals surface area contributed by atoms with Gasteiger partial charge in [-0.3, -0.25) is 4.79 Å². The minimum Gasteiger partial charge on any atom is -0.342 e. The number of benzene rings is 1. The van der Waals surface area contributed by atoms with E-state index in [0.717, 1.165) is 31.5 Å². The highest BCUT2D eigenvalue weighted by Gasteiger charge is 2.42. The predicted octanol–water partition coefficient (Wildman–Crippen LogP) is 1.56. The lowest BCUT2D eigenvalue weighted by molar-refractivity contribution is -0.129. The molecule has 1 heterocycles. The van der Waals surface area contributed by atoms with Gasteiger partial charge in [-0.05, 0) is 42.4 Å². The van der Waals surface area contributed by atoms with Gasteiger partial charge in [0.05, 0.1) is 6.42 Å². The van der Waals surface area contributed by atoms with Crippen molar-refractivity contribution in [1.82, 2.24) is 4.90 Å². The summed E-state index contributed by atoms with van der Waals surface area (Å²) < 4.78 is 12.8. The van der Waals surface area contributed by atoms with E-state index in [2.05, 4.69) is 0 Å². The van der Waals surface area contributed by atoms with E-state index in [-0.39, 0.29) is 17.8 Å². The molecule has 0 radical (unpaired) electrons. The SMILES string of the molecule is N[C@@H]1CC[C@H]2CN(C(=O)Cc3ccc(F)cc3)C[C@@H]21. The van der Waals surface area contributed by atoms with Crippen LogP contribution < -0.4 is 5.73 Å². The molecule has 4 heteroatoms. The summed E-state index contributed by atoms with van der Waals surface area (Å²) in [4.78, 5) is 14.2. The first-order chi connectivity index (χ1) is 9.13. The number of hydrogen-bond donors (Lipinski definition) is 1. The lowest BCUT2D eigenvalue weighted by Gasteiger charge is -2.18. The molecule has 2 fully saturated rings. The van der Waals surface area contributed by atoms with E-state index in [1.807, 2.05) is 4.90 Å². The summed E-state index contributed by atoms with van der Waals surface area (Å²) in [6.45, 7) is 1.64. The van der Waals surface area contributed by atoms with Crippen LogP contribution in [0.25, 0.3) is 0 Å². The van der Waals surface area contributed by atoms with Crippen molar-refractivity contribution < 1.29 is 9.18 Å². The van der Waals surface area contributed by atoms with E-state index >= 15 is 0 Å². The molecule has 3 nitrogen and oxygen atoms in total. The molecule has 2 N–H and O–H groups in total. The number of nitrogens with zero attached hydrogens (tertiary/aromatic N) is 1. The largest absolute Gasteiger partial charge is 0.342 e. The molecule has 1 aromatic rings. The second-order valence-electron chi connectivity index (χ2n) is 5.77. The summed E-state index contributed by atoms with van der Waals surface area (Å²) in [7, 11) is 0. The van der Waals surface area contributed by atoms with Gasteiger partial charge >= 0.3 is 0 Å². The Kier molecular flexibility index (Phi) is 3.27. The Morgan fingerprint density at radius 3 is 2.68 bits per heavy atom. The quantitative estimate of drug-likeness (QED) is 0.879. The maximum atomic E-state index is 12.8. The Hall–Kier alpha value is -1.42. The number of fused-ring (bicyclic) bond motifs is 1. The van der Waals surface area contributed by atoms with Crippen molar-refractivity contribution in [2.45, 2.75) is 25.3 Å². The standard InChI is InChI=1S/C15H19FN2O/c16-12-4-1-10(2-5-12)7-15(19)18-8-11-3-6-14(17)13(11)9-18/h1-2,4-5,11,13-14H,3,6-9,17H2/t11-,13-,14+/m0/s1. The molecule has 0 aromatic heterocycles. The van der Waals surface area contributed by atoms with Gasteiger partial charge in [0.25, 0.3) is 0 Å². The Balaban J connectivity index is 1.61. The Morgan fingerprint density at radius 2 is 2.00 bits per heavy atom. The first kappa shape index (κ1) is 12.6. The number of carbonyl (C=O) groups excluding carboxylic acids is 1. The monoisotopic (exact) mass is 262 g/mol. The van der Waals surface area contributed by atoms with Gasteiger partial charge in [-0.2, -0.15) is 0 Å². The van der Waals surface area contributed by atoms with Crippen LogP contribution in [-0.2, 0) is 11.2 Å². The fraction of sp³-hybridized carbons (Fsp3) is 0.533. The molecule has 1 aliphatic heterocycles. The Bertz CT molecular complexity index is 474. The van der Waals surface area contributed by atoms with Gasteiger partial charge in [0.2, 0.25) is 5.91 Å². The lowest BCUT2D eigenvalue weighted by Crippen LogP contribution is -2.34. The fourth-order valence-corrected chi connectivity index (χ4v) is 3.40. The molecule has 3 atom stereocenters. The van der Waals surface area contributed by atoms with Crippen LogP contribution in [0.1, 0.15) is 18.4 Å². The van der Waals surface area contributed by atoms with Crippen LogP contribution in [0.3, 0.4) is 0 Å². The minimum atomic E-state index is -0.266. The molecule has 102 valence electrons. The van der Waals surface area contributed by atoms with Crippen LogP contribution >= 0.6 is 0 Å².